The molecule has 1 aromatic heterocycles. The van der Waals surface area contributed by atoms with E-state index in [0.29, 0.717) is 47.7 Å². The van der Waals surface area contributed by atoms with E-state index in [1.807, 2.05) is 30.3 Å². The molecule has 2 saturated carbocycles. The molecule has 8 nitrogen and oxygen atoms in total. The van der Waals surface area contributed by atoms with Crippen LogP contribution in [-0.2, 0) is 20.5 Å². The van der Waals surface area contributed by atoms with Crippen LogP contribution in [0.25, 0.3) is 22.1 Å². The number of nitrogens with one attached hydrogen (secondary N) is 2. The average Bonchev–Trinajstić information content (AvgIpc) is 3.60. The molecule has 0 spiro atoms. The maximum absolute atomic E-state index is 14.0. The molecule has 216 valence electrons. The predicted molar refractivity (Wildman–Crippen MR) is 151 cm³/mol. The minimum atomic E-state index is -2.92. The van der Waals surface area contributed by atoms with Gasteiger partial charge in [-0.3, -0.25) is 13.8 Å². The Balaban J connectivity index is 1.25. The highest BCUT2D eigenvalue weighted by Crippen LogP contribution is 2.41. The Morgan fingerprint density at radius 2 is 1.68 bits per heavy atom. The topological polar surface area (TPSA) is 121 Å². The first-order valence-electron chi connectivity index (χ1n) is 13.7. The van der Waals surface area contributed by atoms with E-state index in [1.165, 1.54) is 0 Å². The van der Waals surface area contributed by atoms with Gasteiger partial charge in [0, 0.05) is 35.3 Å². The molecule has 1 aliphatic heterocycles. The molecule has 41 heavy (non-hydrogen) atoms. The fourth-order valence-electron chi connectivity index (χ4n) is 5.57. The number of amides is 2. The van der Waals surface area contributed by atoms with Crippen LogP contribution in [-0.4, -0.2) is 51.6 Å². The summed E-state index contributed by atoms with van der Waals surface area (Å²) in [6.07, 6.45) is 1.16. The lowest BCUT2D eigenvalue weighted by atomic mass is 9.78. The van der Waals surface area contributed by atoms with Gasteiger partial charge in [-0.15, -0.1) is 0 Å². The fourth-order valence-corrected chi connectivity index (χ4v) is 7.18. The molecule has 0 atom stereocenters. The number of alkyl halides is 2. The summed E-state index contributed by atoms with van der Waals surface area (Å²) in [7, 11) is -2.28. The summed E-state index contributed by atoms with van der Waals surface area (Å²) in [5, 5.41) is 15.4. The second-order valence-corrected chi connectivity index (χ2v) is 15.1. The second kappa shape index (κ2) is 9.65. The number of rotatable bonds is 5. The zero-order valence-corrected chi connectivity index (χ0v) is 23.5. The smallest absolute Gasteiger partial charge is 0.287 e. The molecule has 0 unspecified atom stereocenters. The summed E-state index contributed by atoms with van der Waals surface area (Å²) < 4.78 is 52.5. The minimum Gasteiger partial charge on any atom is -0.492 e. The third-order valence-electron chi connectivity index (χ3n) is 8.41. The van der Waals surface area contributed by atoms with E-state index >= 15 is 0 Å². The van der Waals surface area contributed by atoms with Crippen molar-refractivity contribution in [2.75, 3.05) is 18.6 Å². The number of benzene rings is 2. The standard InChI is InChI=1S/C30H31F2N3O5S/c1-41(38)13-12-39-23-14-19(3-5-22(23)17-41)20-2-4-21-16-25(40-24(21)15-20)26(36)34-29(8-10-30(31,32)11-9-29)27(37)35-28(18-33)6-7-28/h2-5,14-16,41H,6-13,17H2,1H3,(H,34,36)(H,35,37). The Bertz CT molecular complexity index is 1650. The van der Waals surface area contributed by atoms with E-state index in [1.54, 1.807) is 18.4 Å². The molecule has 0 bridgehead atoms. The Labute approximate surface area is 236 Å². The summed E-state index contributed by atoms with van der Waals surface area (Å²) in [5.74, 6) is -2.55. The Morgan fingerprint density at radius 1 is 0.976 bits per heavy atom. The first-order chi connectivity index (χ1) is 19.4. The van der Waals surface area contributed by atoms with Gasteiger partial charge in [-0.05, 0) is 61.3 Å². The Morgan fingerprint density at radius 3 is 2.39 bits per heavy atom. The molecule has 3 aliphatic rings. The van der Waals surface area contributed by atoms with Crippen molar-refractivity contribution in [3.8, 4) is 22.9 Å². The van der Waals surface area contributed by atoms with Crippen LogP contribution in [0.5, 0.6) is 5.75 Å². The fraction of sp³-hybridized carbons (Fsp3) is 0.433. The van der Waals surface area contributed by atoms with Crippen molar-refractivity contribution < 1.29 is 31.7 Å². The molecule has 0 radical (unpaired) electrons. The van der Waals surface area contributed by atoms with Gasteiger partial charge in [-0.25, -0.2) is 8.78 Å². The van der Waals surface area contributed by atoms with Crippen molar-refractivity contribution >= 4 is 32.7 Å². The van der Waals surface area contributed by atoms with Crippen molar-refractivity contribution in [3.05, 3.63) is 53.8 Å². The van der Waals surface area contributed by atoms with E-state index in [9.17, 15) is 27.8 Å². The molecule has 2 amide bonds. The highest BCUT2D eigenvalue weighted by atomic mass is 32.2. The molecule has 11 heteroatoms. The van der Waals surface area contributed by atoms with Crippen molar-refractivity contribution in [1.29, 1.82) is 5.26 Å². The first-order valence-corrected chi connectivity index (χ1v) is 16.2. The van der Waals surface area contributed by atoms with Gasteiger partial charge in [0.05, 0.1) is 12.7 Å². The van der Waals surface area contributed by atoms with Crippen LogP contribution in [0.3, 0.4) is 0 Å². The number of nitriles is 1. The quantitative estimate of drug-likeness (QED) is 0.381. The van der Waals surface area contributed by atoms with Crippen LogP contribution in [0.15, 0.2) is 46.9 Å². The monoisotopic (exact) mass is 583 g/mol. The molecule has 3 aromatic rings. The molecule has 2 fully saturated rings. The maximum Gasteiger partial charge on any atom is 0.287 e. The Hall–Kier alpha value is -3.78. The van der Waals surface area contributed by atoms with E-state index in [4.69, 9.17) is 9.15 Å². The third-order valence-corrected chi connectivity index (χ3v) is 10.5. The minimum absolute atomic E-state index is 0.0490. The Kier molecular flexibility index (Phi) is 6.45. The van der Waals surface area contributed by atoms with Gasteiger partial charge >= 0.3 is 0 Å². The van der Waals surface area contributed by atoms with Gasteiger partial charge in [0.15, 0.2) is 5.76 Å². The number of ether oxygens (including phenoxy) is 1. The van der Waals surface area contributed by atoms with Crippen LogP contribution < -0.4 is 15.4 Å². The van der Waals surface area contributed by atoms with Crippen LogP contribution in [0.1, 0.15) is 54.6 Å². The number of fused-ring (bicyclic) bond motifs is 2. The SMILES string of the molecule is C[SH]1(=O)CCOc2cc(-c3ccc4cc(C(=O)NC5(C(=O)NC6(C#N)CC6)CCC(F)(F)CC5)oc4c3)ccc2C1. The molecule has 2 aromatic carbocycles. The van der Waals surface area contributed by atoms with Gasteiger partial charge in [-0.1, -0.05) is 34.2 Å². The van der Waals surface area contributed by atoms with Gasteiger partial charge in [0.2, 0.25) is 11.8 Å². The van der Waals surface area contributed by atoms with Crippen LogP contribution >= 0.6 is 0 Å². The number of furan rings is 1. The number of thiol groups is 1. The van der Waals surface area contributed by atoms with Crippen molar-refractivity contribution in [2.45, 2.75) is 61.3 Å². The summed E-state index contributed by atoms with van der Waals surface area (Å²) in [6.45, 7) is 0.397. The summed E-state index contributed by atoms with van der Waals surface area (Å²) in [5.41, 5.74) is 0.478. The average molecular weight is 584 g/mol. The van der Waals surface area contributed by atoms with E-state index in [2.05, 4.69) is 16.7 Å². The summed E-state index contributed by atoms with van der Waals surface area (Å²) in [4.78, 5) is 26.6. The predicted octanol–water partition coefficient (Wildman–Crippen LogP) is 4.49. The van der Waals surface area contributed by atoms with E-state index < -0.39 is 51.6 Å². The van der Waals surface area contributed by atoms with Gasteiger partial charge in [0.25, 0.3) is 5.91 Å². The number of carbonyl (C=O) groups excluding carboxylic acids is 2. The zero-order valence-electron chi connectivity index (χ0n) is 22.6. The maximum atomic E-state index is 14.0. The summed E-state index contributed by atoms with van der Waals surface area (Å²) >= 11 is 0. The van der Waals surface area contributed by atoms with Crippen molar-refractivity contribution in [3.63, 3.8) is 0 Å². The highest BCUT2D eigenvalue weighted by Gasteiger charge is 2.53. The third kappa shape index (κ3) is 5.45. The van der Waals surface area contributed by atoms with Crippen LogP contribution in [0.4, 0.5) is 8.78 Å². The normalized spacial score (nSPS) is 22.2. The van der Waals surface area contributed by atoms with Gasteiger partial charge in [-0.2, -0.15) is 5.26 Å². The largest absolute Gasteiger partial charge is 0.492 e. The molecule has 2 aliphatic carbocycles. The second-order valence-electron chi connectivity index (χ2n) is 11.8. The number of hydrogen-bond acceptors (Lipinski definition) is 6. The van der Waals surface area contributed by atoms with Crippen LogP contribution in [0, 0.1) is 11.3 Å². The van der Waals surface area contributed by atoms with Gasteiger partial charge < -0.3 is 19.8 Å². The highest BCUT2D eigenvalue weighted by molar-refractivity contribution is 8.01. The lowest BCUT2D eigenvalue weighted by molar-refractivity contribution is -0.133. The lowest BCUT2D eigenvalue weighted by Gasteiger charge is -2.39. The van der Waals surface area contributed by atoms with Crippen molar-refractivity contribution in [2.24, 2.45) is 0 Å². The molecule has 2 heterocycles. The number of carbonyl (C=O) groups is 2. The van der Waals surface area contributed by atoms with Crippen molar-refractivity contribution in [1.82, 2.24) is 10.6 Å². The molecule has 2 N–H and O–H groups in total. The number of hydrogen-bond donors (Lipinski definition) is 3. The van der Waals surface area contributed by atoms with E-state index in [0.717, 1.165) is 16.7 Å². The lowest BCUT2D eigenvalue weighted by Crippen LogP contribution is -2.62. The number of nitrogens with zero attached hydrogens (tertiary/aromatic N) is 1. The number of halogens is 2. The van der Waals surface area contributed by atoms with E-state index in [-0.39, 0.29) is 18.6 Å². The molecular weight excluding hydrogens is 552 g/mol. The zero-order chi connectivity index (χ0) is 29.0. The van der Waals surface area contributed by atoms with Crippen LogP contribution in [0.2, 0.25) is 0 Å². The molecule has 0 saturated heterocycles. The summed E-state index contributed by atoms with van der Waals surface area (Å²) in [6, 6.07) is 14.9. The molecular formula is C30H31F2N3O5S. The first kappa shape index (κ1) is 27.4. The van der Waals surface area contributed by atoms with Gasteiger partial charge in [0.1, 0.15) is 22.4 Å². The molecule has 6 rings (SSSR count).